The highest BCUT2D eigenvalue weighted by Crippen LogP contribution is 2.26. The molecule has 0 unspecified atom stereocenters. The Balaban J connectivity index is 0.00000338. The number of hydrogen-bond donors (Lipinski definition) is 2. The molecule has 1 aromatic rings. The number of rotatable bonds is 8. The lowest BCUT2D eigenvalue weighted by Gasteiger charge is -2.30. The Morgan fingerprint density at radius 2 is 1.73 bits per heavy atom. The SMILES string of the molecule is CCNCCNC(=O)c1ccc(S(=O)(=O)N(C)C2CCCCC2)cc1.Cl. The fourth-order valence-electron chi connectivity index (χ4n) is 3.13. The van der Waals surface area contributed by atoms with Crippen molar-refractivity contribution >= 4 is 28.3 Å². The maximum absolute atomic E-state index is 12.8. The molecule has 1 saturated carbocycles. The molecule has 2 rings (SSSR count). The minimum absolute atomic E-state index is 0. The first-order chi connectivity index (χ1) is 12.0. The number of carbonyl (C=O) groups excluding carboxylic acids is 1. The van der Waals surface area contributed by atoms with Crippen molar-refractivity contribution in [3.63, 3.8) is 0 Å². The first-order valence-corrected chi connectivity index (χ1v) is 10.5. The van der Waals surface area contributed by atoms with Gasteiger partial charge in [0.25, 0.3) is 5.91 Å². The molecule has 0 saturated heterocycles. The number of nitrogens with one attached hydrogen (secondary N) is 2. The number of sulfonamides is 1. The highest BCUT2D eigenvalue weighted by molar-refractivity contribution is 7.89. The van der Waals surface area contributed by atoms with Crippen molar-refractivity contribution in [3.8, 4) is 0 Å². The van der Waals surface area contributed by atoms with Crippen molar-refractivity contribution in [2.45, 2.75) is 50.0 Å². The lowest BCUT2D eigenvalue weighted by Crippen LogP contribution is -2.38. The predicted octanol–water partition coefficient (Wildman–Crippen LogP) is 2.40. The number of benzene rings is 1. The second kappa shape index (κ2) is 10.9. The molecule has 1 fully saturated rings. The van der Waals surface area contributed by atoms with Crippen LogP contribution in [0.2, 0.25) is 0 Å². The summed E-state index contributed by atoms with van der Waals surface area (Å²) in [5, 5.41) is 5.93. The summed E-state index contributed by atoms with van der Waals surface area (Å²) >= 11 is 0. The third kappa shape index (κ3) is 5.94. The lowest BCUT2D eigenvalue weighted by atomic mass is 9.96. The predicted molar refractivity (Wildman–Crippen MR) is 106 cm³/mol. The number of likely N-dealkylation sites (N-methyl/N-ethyl adjacent to an activating group) is 1. The van der Waals surface area contributed by atoms with Crippen LogP contribution >= 0.6 is 12.4 Å². The largest absolute Gasteiger partial charge is 0.351 e. The van der Waals surface area contributed by atoms with Gasteiger partial charge in [0.2, 0.25) is 10.0 Å². The van der Waals surface area contributed by atoms with E-state index in [1.807, 2.05) is 6.92 Å². The Kier molecular flexibility index (Phi) is 9.57. The molecule has 0 bridgehead atoms. The van der Waals surface area contributed by atoms with E-state index in [1.165, 1.54) is 22.9 Å². The van der Waals surface area contributed by atoms with Crippen LogP contribution in [0.25, 0.3) is 0 Å². The van der Waals surface area contributed by atoms with Crippen molar-refractivity contribution in [2.75, 3.05) is 26.7 Å². The molecular weight excluding hydrogens is 374 g/mol. The van der Waals surface area contributed by atoms with Gasteiger partial charge in [0, 0.05) is 31.7 Å². The molecule has 148 valence electrons. The minimum atomic E-state index is -3.51. The summed E-state index contributed by atoms with van der Waals surface area (Å²) in [6.07, 6.45) is 5.18. The number of nitrogens with zero attached hydrogens (tertiary/aromatic N) is 1. The zero-order valence-electron chi connectivity index (χ0n) is 15.5. The normalized spacial score (nSPS) is 15.5. The minimum Gasteiger partial charge on any atom is -0.351 e. The molecule has 26 heavy (non-hydrogen) atoms. The van der Waals surface area contributed by atoms with Gasteiger partial charge in [-0.25, -0.2) is 8.42 Å². The van der Waals surface area contributed by atoms with Gasteiger partial charge in [-0.05, 0) is 43.7 Å². The Hall–Kier alpha value is -1.15. The summed E-state index contributed by atoms with van der Waals surface area (Å²) in [6, 6.07) is 6.27. The van der Waals surface area contributed by atoms with Crippen molar-refractivity contribution < 1.29 is 13.2 Å². The molecule has 1 aliphatic carbocycles. The smallest absolute Gasteiger partial charge is 0.251 e. The van der Waals surface area contributed by atoms with Gasteiger partial charge in [0.1, 0.15) is 0 Å². The molecule has 1 aliphatic rings. The average Bonchev–Trinajstić information content (AvgIpc) is 2.65. The highest BCUT2D eigenvalue weighted by atomic mass is 35.5. The van der Waals surface area contributed by atoms with Crippen LogP contribution in [0.15, 0.2) is 29.2 Å². The van der Waals surface area contributed by atoms with Crippen molar-refractivity contribution in [1.29, 1.82) is 0 Å². The van der Waals surface area contributed by atoms with E-state index in [9.17, 15) is 13.2 Å². The Morgan fingerprint density at radius 1 is 1.12 bits per heavy atom. The van der Waals surface area contributed by atoms with E-state index < -0.39 is 10.0 Å². The van der Waals surface area contributed by atoms with Gasteiger partial charge < -0.3 is 10.6 Å². The number of carbonyl (C=O) groups is 1. The van der Waals surface area contributed by atoms with E-state index in [2.05, 4.69) is 10.6 Å². The van der Waals surface area contributed by atoms with Gasteiger partial charge in [-0.15, -0.1) is 12.4 Å². The van der Waals surface area contributed by atoms with Gasteiger partial charge in [0.05, 0.1) is 4.90 Å². The van der Waals surface area contributed by atoms with Gasteiger partial charge in [-0.1, -0.05) is 26.2 Å². The van der Waals surface area contributed by atoms with E-state index in [0.29, 0.717) is 18.7 Å². The van der Waals surface area contributed by atoms with Crippen LogP contribution in [0.3, 0.4) is 0 Å². The third-order valence-corrected chi connectivity index (χ3v) is 6.64. The first-order valence-electron chi connectivity index (χ1n) is 9.04. The Bertz CT molecular complexity index is 659. The molecule has 0 spiro atoms. The average molecular weight is 404 g/mol. The molecule has 0 radical (unpaired) electrons. The molecule has 1 aromatic carbocycles. The lowest BCUT2D eigenvalue weighted by molar-refractivity contribution is 0.0954. The van der Waals surface area contributed by atoms with Crippen LogP contribution in [-0.4, -0.2) is 51.4 Å². The van der Waals surface area contributed by atoms with Crippen LogP contribution < -0.4 is 10.6 Å². The first kappa shape index (κ1) is 22.9. The summed E-state index contributed by atoms with van der Waals surface area (Å²) in [7, 11) is -1.85. The van der Waals surface area contributed by atoms with Crippen LogP contribution in [0.5, 0.6) is 0 Å². The van der Waals surface area contributed by atoms with Crippen LogP contribution in [0, 0.1) is 0 Å². The van der Waals surface area contributed by atoms with Gasteiger partial charge in [0.15, 0.2) is 0 Å². The van der Waals surface area contributed by atoms with E-state index in [0.717, 1.165) is 32.2 Å². The molecule has 0 aliphatic heterocycles. The van der Waals surface area contributed by atoms with Crippen molar-refractivity contribution in [2.24, 2.45) is 0 Å². The van der Waals surface area contributed by atoms with E-state index in [-0.39, 0.29) is 29.3 Å². The van der Waals surface area contributed by atoms with Gasteiger partial charge >= 0.3 is 0 Å². The van der Waals surface area contributed by atoms with Gasteiger partial charge in [-0.3, -0.25) is 4.79 Å². The maximum atomic E-state index is 12.8. The fraction of sp³-hybridized carbons (Fsp3) is 0.611. The summed E-state index contributed by atoms with van der Waals surface area (Å²) in [5.74, 6) is -0.192. The molecule has 2 N–H and O–H groups in total. The molecule has 0 heterocycles. The van der Waals surface area contributed by atoms with Crippen molar-refractivity contribution in [1.82, 2.24) is 14.9 Å². The highest BCUT2D eigenvalue weighted by Gasteiger charge is 2.29. The quantitative estimate of drug-likeness (QED) is 0.653. The van der Waals surface area contributed by atoms with E-state index in [1.54, 1.807) is 19.2 Å². The molecule has 1 amide bonds. The molecule has 0 atom stereocenters. The Morgan fingerprint density at radius 3 is 2.31 bits per heavy atom. The number of halogens is 1. The zero-order chi connectivity index (χ0) is 18.3. The standard InChI is InChI=1S/C18H29N3O3S.ClH/c1-3-19-13-14-20-18(22)15-9-11-17(12-10-15)25(23,24)21(2)16-7-5-4-6-8-16;/h9-12,16,19H,3-8,13-14H2,1-2H3,(H,20,22);1H. The molecule has 0 aromatic heterocycles. The second-order valence-corrected chi connectivity index (χ2v) is 8.44. The van der Waals surface area contributed by atoms with E-state index >= 15 is 0 Å². The van der Waals surface area contributed by atoms with Crippen LogP contribution in [0.1, 0.15) is 49.4 Å². The fourth-order valence-corrected chi connectivity index (χ4v) is 4.54. The summed E-state index contributed by atoms with van der Waals surface area (Å²) in [5.41, 5.74) is 0.468. The van der Waals surface area contributed by atoms with Crippen LogP contribution in [0.4, 0.5) is 0 Å². The summed E-state index contributed by atoms with van der Waals surface area (Å²) in [6.45, 7) is 4.11. The van der Waals surface area contributed by atoms with Crippen LogP contribution in [-0.2, 0) is 10.0 Å². The molecular formula is C18H30ClN3O3S. The number of amides is 1. The van der Waals surface area contributed by atoms with E-state index in [4.69, 9.17) is 0 Å². The second-order valence-electron chi connectivity index (χ2n) is 6.45. The van der Waals surface area contributed by atoms with Crippen molar-refractivity contribution in [3.05, 3.63) is 29.8 Å². The maximum Gasteiger partial charge on any atom is 0.251 e. The molecule has 6 nitrogen and oxygen atoms in total. The molecule has 8 heteroatoms. The summed E-state index contributed by atoms with van der Waals surface area (Å²) in [4.78, 5) is 12.3. The summed E-state index contributed by atoms with van der Waals surface area (Å²) < 4.78 is 27.0. The monoisotopic (exact) mass is 403 g/mol. The van der Waals surface area contributed by atoms with Gasteiger partial charge in [-0.2, -0.15) is 4.31 Å². The number of hydrogen-bond acceptors (Lipinski definition) is 4. The topological polar surface area (TPSA) is 78.5 Å². The third-order valence-electron chi connectivity index (χ3n) is 4.72. The Labute approximate surface area is 163 Å². The zero-order valence-corrected chi connectivity index (χ0v) is 17.2.